The smallest absolute Gasteiger partial charge is 0.278 e. The van der Waals surface area contributed by atoms with Crippen molar-refractivity contribution in [2.24, 2.45) is 0 Å². The second kappa shape index (κ2) is 9.05. The summed E-state index contributed by atoms with van der Waals surface area (Å²) in [7, 11) is 0. The van der Waals surface area contributed by atoms with Crippen LogP contribution in [0.15, 0.2) is 54.9 Å². The van der Waals surface area contributed by atoms with Crippen molar-refractivity contribution in [2.75, 3.05) is 37.6 Å². The number of amides is 1. The molecule has 4 rings (SSSR count). The minimum absolute atomic E-state index is 0.0389. The van der Waals surface area contributed by atoms with Crippen molar-refractivity contribution in [3.63, 3.8) is 0 Å². The van der Waals surface area contributed by atoms with Gasteiger partial charge in [0, 0.05) is 67.8 Å². The zero-order valence-electron chi connectivity index (χ0n) is 16.8. The van der Waals surface area contributed by atoms with Crippen LogP contribution in [0.25, 0.3) is 10.8 Å². The maximum atomic E-state index is 13.7. The fraction of sp³-hybridized carbons (Fsp3) is 0.273. The number of non-ortho nitro benzene ring substituents is 1. The molecule has 160 valence electrons. The van der Waals surface area contributed by atoms with Crippen LogP contribution in [-0.4, -0.2) is 53.4 Å². The van der Waals surface area contributed by atoms with E-state index in [-0.39, 0.29) is 30.5 Å². The monoisotopic (exact) mass is 423 g/mol. The predicted molar refractivity (Wildman–Crippen MR) is 115 cm³/mol. The van der Waals surface area contributed by atoms with E-state index in [1.807, 2.05) is 4.90 Å². The van der Waals surface area contributed by atoms with Crippen molar-refractivity contribution < 1.29 is 14.1 Å². The minimum atomic E-state index is -0.397. The largest absolute Gasteiger partial charge is 0.368 e. The Morgan fingerprint density at radius 2 is 1.87 bits per heavy atom. The number of halogens is 1. The van der Waals surface area contributed by atoms with Crippen LogP contribution in [0.2, 0.25) is 0 Å². The van der Waals surface area contributed by atoms with Crippen LogP contribution in [0.4, 0.5) is 15.8 Å². The van der Waals surface area contributed by atoms with Crippen LogP contribution in [0.5, 0.6) is 0 Å². The molecule has 0 radical (unpaired) electrons. The van der Waals surface area contributed by atoms with E-state index in [1.54, 1.807) is 36.5 Å². The van der Waals surface area contributed by atoms with E-state index in [2.05, 4.69) is 15.2 Å². The van der Waals surface area contributed by atoms with Gasteiger partial charge in [-0.25, -0.2) is 4.39 Å². The van der Waals surface area contributed by atoms with Crippen molar-refractivity contribution in [2.45, 2.75) is 6.54 Å². The number of nitrogens with one attached hydrogen (secondary N) is 1. The first-order chi connectivity index (χ1) is 15.0. The normalized spacial score (nSPS) is 14.5. The Bertz CT molecular complexity index is 1120. The number of nitro groups is 1. The number of hydrogen-bond acceptors (Lipinski definition) is 6. The van der Waals surface area contributed by atoms with Gasteiger partial charge in [-0.1, -0.05) is 18.2 Å². The van der Waals surface area contributed by atoms with Crippen molar-refractivity contribution in [3.05, 3.63) is 76.4 Å². The summed E-state index contributed by atoms with van der Waals surface area (Å²) in [4.78, 5) is 31.4. The number of carbonyl (C=O) groups is 1. The van der Waals surface area contributed by atoms with Gasteiger partial charge in [-0.15, -0.1) is 0 Å². The average Bonchev–Trinajstić information content (AvgIpc) is 2.78. The maximum Gasteiger partial charge on any atom is 0.278 e. The Labute approximate surface area is 178 Å². The van der Waals surface area contributed by atoms with Crippen LogP contribution < -0.4 is 10.2 Å². The number of fused-ring (bicyclic) bond motifs is 1. The molecule has 8 nitrogen and oxygen atoms in total. The second-order valence-corrected chi connectivity index (χ2v) is 7.41. The van der Waals surface area contributed by atoms with Gasteiger partial charge in [0.2, 0.25) is 5.91 Å². The third-order valence-electron chi connectivity index (χ3n) is 5.48. The molecule has 3 aromatic rings. The Kier molecular flexibility index (Phi) is 6.03. The first-order valence-electron chi connectivity index (χ1n) is 10.0. The molecule has 1 aliphatic heterocycles. The predicted octanol–water partition coefficient (Wildman–Crippen LogP) is 2.72. The number of aromatic nitrogens is 1. The topological polar surface area (TPSA) is 91.6 Å². The summed E-state index contributed by atoms with van der Waals surface area (Å²) in [5.74, 6) is -0.481. The van der Waals surface area contributed by atoms with Crippen molar-refractivity contribution in [1.82, 2.24) is 15.2 Å². The summed E-state index contributed by atoms with van der Waals surface area (Å²) in [5, 5.41) is 15.4. The minimum Gasteiger partial charge on any atom is -0.368 e. The maximum absolute atomic E-state index is 13.7. The molecule has 1 amide bonds. The van der Waals surface area contributed by atoms with Crippen LogP contribution in [0.3, 0.4) is 0 Å². The standard InChI is InChI=1S/C22H22FN5O3/c23-19-4-2-1-3-16(19)13-25-22(29)15-26-9-11-27(12-10-26)20-5-6-21(28(30)31)18-14-24-8-7-17(18)20/h1-8,14H,9-13,15H2,(H,25,29). The van der Waals surface area contributed by atoms with Gasteiger partial charge in [0.1, 0.15) is 5.82 Å². The molecule has 1 fully saturated rings. The van der Waals surface area contributed by atoms with Gasteiger partial charge < -0.3 is 10.2 Å². The lowest BCUT2D eigenvalue weighted by Gasteiger charge is -2.36. The summed E-state index contributed by atoms with van der Waals surface area (Å²) in [6.45, 7) is 3.14. The number of carbonyl (C=O) groups excluding carboxylic acids is 1. The Morgan fingerprint density at radius 1 is 1.10 bits per heavy atom. The van der Waals surface area contributed by atoms with Crippen molar-refractivity contribution >= 4 is 28.1 Å². The van der Waals surface area contributed by atoms with Gasteiger partial charge in [-0.05, 0) is 18.2 Å². The van der Waals surface area contributed by atoms with Crippen LogP contribution in [0.1, 0.15) is 5.56 Å². The molecular weight excluding hydrogens is 401 g/mol. The molecule has 1 N–H and O–H groups in total. The molecule has 2 heterocycles. The van der Waals surface area contributed by atoms with E-state index >= 15 is 0 Å². The molecule has 2 aromatic carbocycles. The molecular formula is C22H22FN5O3. The summed E-state index contributed by atoms with van der Waals surface area (Å²) < 4.78 is 13.7. The SMILES string of the molecule is O=C(CN1CCN(c2ccc([N+](=O)[O-])c3cnccc23)CC1)NCc1ccccc1F. The van der Waals surface area contributed by atoms with E-state index in [9.17, 15) is 19.3 Å². The molecule has 1 aliphatic rings. The number of nitrogens with zero attached hydrogens (tertiary/aromatic N) is 4. The first kappa shape index (κ1) is 20.7. The van der Waals surface area contributed by atoms with Gasteiger partial charge in [0.05, 0.1) is 16.9 Å². The summed E-state index contributed by atoms with van der Waals surface area (Å²) in [6.07, 6.45) is 3.15. The lowest BCUT2D eigenvalue weighted by atomic mass is 10.1. The molecule has 0 spiro atoms. The van der Waals surface area contributed by atoms with Crippen LogP contribution in [0, 0.1) is 15.9 Å². The molecule has 0 bridgehead atoms. The molecule has 0 aliphatic carbocycles. The summed E-state index contributed by atoms with van der Waals surface area (Å²) >= 11 is 0. The number of nitro benzene ring substituents is 1. The summed E-state index contributed by atoms with van der Waals surface area (Å²) in [6, 6.07) is 11.5. The summed E-state index contributed by atoms with van der Waals surface area (Å²) in [5.41, 5.74) is 1.42. The zero-order chi connectivity index (χ0) is 21.8. The highest BCUT2D eigenvalue weighted by molar-refractivity contribution is 5.99. The molecule has 9 heteroatoms. The van der Waals surface area contributed by atoms with Gasteiger partial charge in [0.25, 0.3) is 5.69 Å². The fourth-order valence-corrected chi connectivity index (χ4v) is 3.84. The third-order valence-corrected chi connectivity index (χ3v) is 5.48. The van der Waals surface area contributed by atoms with Crippen LogP contribution in [-0.2, 0) is 11.3 Å². The highest BCUT2D eigenvalue weighted by Crippen LogP contribution is 2.33. The van der Waals surface area contributed by atoms with Gasteiger partial charge in [-0.2, -0.15) is 0 Å². The fourth-order valence-electron chi connectivity index (χ4n) is 3.84. The number of rotatable bonds is 6. The lowest BCUT2D eigenvalue weighted by Crippen LogP contribution is -2.49. The molecule has 0 atom stereocenters. The Hall–Kier alpha value is -3.59. The van der Waals surface area contributed by atoms with Gasteiger partial charge in [0.15, 0.2) is 0 Å². The molecule has 1 aromatic heterocycles. The van der Waals surface area contributed by atoms with E-state index < -0.39 is 4.92 Å². The van der Waals surface area contributed by atoms with Crippen molar-refractivity contribution in [1.29, 1.82) is 0 Å². The average molecular weight is 423 g/mol. The molecule has 1 saturated heterocycles. The van der Waals surface area contributed by atoms with E-state index in [0.717, 1.165) is 11.1 Å². The number of benzene rings is 2. The first-order valence-corrected chi connectivity index (χ1v) is 10.0. The van der Waals surface area contributed by atoms with Crippen molar-refractivity contribution in [3.8, 4) is 0 Å². The van der Waals surface area contributed by atoms with E-state index in [4.69, 9.17) is 0 Å². The molecule has 0 unspecified atom stereocenters. The third kappa shape index (κ3) is 4.61. The quantitative estimate of drug-likeness (QED) is 0.484. The van der Waals surface area contributed by atoms with Gasteiger partial charge >= 0.3 is 0 Å². The highest BCUT2D eigenvalue weighted by Gasteiger charge is 2.22. The number of anilines is 1. The van der Waals surface area contributed by atoms with E-state index in [0.29, 0.717) is 37.1 Å². The van der Waals surface area contributed by atoms with Gasteiger partial charge in [-0.3, -0.25) is 24.8 Å². The Balaban J connectivity index is 1.36. The lowest BCUT2D eigenvalue weighted by molar-refractivity contribution is -0.383. The number of piperazine rings is 1. The molecule has 31 heavy (non-hydrogen) atoms. The number of pyridine rings is 1. The highest BCUT2D eigenvalue weighted by atomic mass is 19.1. The Morgan fingerprint density at radius 3 is 2.61 bits per heavy atom. The zero-order valence-corrected chi connectivity index (χ0v) is 16.8. The van der Waals surface area contributed by atoms with E-state index in [1.165, 1.54) is 18.3 Å². The molecule has 0 saturated carbocycles. The van der Waals surface area contributed by atoms with Crippen LogP contribution >= 0.6 is 0 Å². The second-order valence-electron chi connectivity index (χ2n) is 7.41. The number of hydrogen-bond donors (Lipinski definition) is 1.